The third-order valence-corrected chi connectivity index (χ3v) is 4.99. The molecule has 1 unspecified atom stereocenters. The number of rotatable bonds is 5. The van der Waals surface area contributed by atoms with Crippen molar-refractivity contribution in [1.82, 2.24) is 15.5 Å². The standard InChI is InChI=1S/C18H34N4O2/c1-4-19-17(20-13-18(24)9-6-5-7-10-18)21-15-8-11-22(12-15)16(23)14(2)3/h14-15,24H,4-13H2,1-3H3,(H2,19,20,21). The highest BCUT2D eigenvalue weighted by Crippen LogP contribution is 2.28. The third kappa shape index (κ3) is 5.36. The summed E-state index contributed by atoms with van der Waals surface area (Å²) in [5, 5.41) is 17.3. The van der Waals surface area contributed by atoms with E-state index in [1.807, 2.05) is 25.7 Å². The first-order chi connectivity index (χ1) is 11.4. The van der Waals surface area contributed by atoms with Crippen LogP contribution in [0.15, 0.2) is 4.99 Å². The average molecular weight is 338 g/mol. The normalized spacial score (nSPS) is 24.3. The molecule has 2 aliphatic rings. The maximum Gasteiger partial charge on any atom is 0.225 e. The number of aliphatic imine (C=N–C) groups is 1. The first kappa shape index (κ1) is 19.0. The molecule has 1 saturated heterocycles. The molecule has 6 heteroatoms. The predicted molar refractivity (Wildman–Crippen MR) is 97.0 cm³/mol. The first-order valence-electron chi connectivity index (χ1n) is 9.49. The van der Waals surface area contributed by atoms with E-state index in [2.05, 4.69) is 15.6 Å². The number of aliphatic hydroxyl groups is 1. The lowest BCUT2D eigenvalue weighted by Crippen LogP contribution is -2.46. The second kappa shape index (κ2) is 8.70. The Morgan fingerprint density at radius 1 is 1.33 bits per heavy atom. The van der Waals surface area contributed by atoms with Crippen molar-refractivity contribution in [3.63, 3.8) is 0 Å². The van der Waals surface area contributed by atoms with Gasteiger partial charge in [-0.1, -0.05) is 33.1 Å². The lowest BCUT2D eigenvalue weighted by Gasteiger charge is -2.30. The van der Waals surface area contributed by atoms with Crippen LogP contribution in [0.25, 0.3) is 0 Å². The molecule has 1 saturated carbocycles. The summed E-state index contributed by atoms with van der Waals surface area (Å²) in [7, 11) is 0. The second-order valence-corrected chi connectivity index (χ2v) is 7.55. The van der Waals surface area contributed by atoms with Crippen molar-refractivity contribution in [2.45, 2.75) is 70.9 Å². The molecule has 0 aromatic heterocycles. The highest BCUT2D eigenvalue weighted by atomic mass is 16.3. The Morgan fingerprint density at radius 3 is 2.67 bits per heavy atom. The van der Waals surface area contributed by atoms with E-state index in [-0.39, 0.29) is 17.9 Å². The number of amides is 1. The average Bonchev–Trinajstić information content (AvgIpc) is 3.01. The highest BCUT2D eigenvalue weighted by Gasteiger charge is 2.30. The molecule has 0 radical (unpaired) electrons. The molecule has 6 nitrogen and oxygen atoms in total. The van der Waals surface area contributed by atoms with Gasteiger partial charge in [-0.05, 0) is 26.2 Å². The van der Waals surface area contributed by atoms with Crippen LogP contribution in [-0.4, -0.2) is 59.7 Å². The number of hydrogen-bond donors (Lipinski definition) is 3. The van der Waals surface area contributed by atoms with Crippen LogP contribution in [0.5, 0.6) is 0 Å². The maximum absolute atomic E-state index is 12.1. The monoisotopic (exact) mass is 338 g/mol. The van der Waals surface area contributed by atoms with Crippen molar-refractivity contribution in [1.29, 1.82) is 0 Å². The van der Waals surface area contributed by atoms with Crippen molar-refractivity contribution >= 4 is 11.9 Å². The summed E-state index contributed by atoms with van der Waals surface area (Å²) in [4.78, 5) is 18.6. The molecule has 0 bridgehead atoms. The fourth-order valence-electron chi connectivity index (χ4n) is 3.55. The van der Waals surface area contributed by atoms with Crippen LogP contribution in [0.3, 0.4) is 0 Å². The number of guanidine groups is 1. The Morgan fingerprint density at radius 2 is 2.04 bits per heavy atom. The molecule has 24 heavy (non-hydrogen) atoms. The van der Waals surface area contributed by atoms with Crippen LogP contribution in [0.4, 0.5) is 0 Å². The summed E-state index contributed by atoms with van der Waals surface area (Å²) >= 11 is 0. The predicted octanol–water partition coefficient (Wildman–Crippen LogP) is 1.49. The Hall–Kier alpha value is -1.30. The van der Waals surface area contributed by atoms with Gasteiger partial charge in [0, 0.05) is 31.6 Å². The van der Waals surface area contributed by atoms with Gasteiger partial charge in [-0.15, -0.1) is 0 Å². The van der Waals surface area contributed by atoms with Gasteiger partial charge >= 0.3 is 0 Å². The molecule has 1 heterocycles. The SMILES string of the molecule is CCNC(=NCC1(O)CCCCC1)NC1CCN(C(=O)C(C)C)C1. The Labute approximate surface area is 146 Å². The number of likely N-dealkylation sites (tertiary alicyclic amines) is 1. The van der Waals surface area contributed by atoms with Crippen molar-refractivity contribution in [2.24, 2.45) is 10.9 Å². The molecule has 0 spiro atoms. The summed E-state index contributed by atoms with van der Waals surface area (Å²) in [5.74, 6) is 1.02. The molecule has 2 rings (SSSR count). The van der Waals surface area contributed by atoms with E-state index in [1.165, 1.54) is 6.42 Å². The number of nitrogens with one attached hydrogen (secondary N) is 2. The van der Waals surface area contributed by atoms with Gasteiger partial charge in [0.1, 0.15) is 0 Å². The van der Waals surface area contributed by atoms with Crippen LogP contribution in [0.1, 0.15) is 59.3 Å². The van der Waals surface area contributed by atoms with Crippen molar-refractivity contribution in [3.05, 3.63) is 0 Å². The molecule has 1 atom stereocenters. The molecule has 0 aromatic rings. The fraction of sp³-hybridized carbons (Fsp3) is 0.889. The minimum atomic E-state index is -0.643. The molecule has 1 aliphatic carbocycles. The summed E-state index contributed by atoms with van der Waals surface area (Å²) < 4.78 is 0. The van der Waals surface area contributed by atoms with Gasteiger partial charge in [0.2, 0.25) is 5.91 Å². The Balaban J connectivity index is 1.89. The van der Waals surface area contributed by atoms with E-state index in [4.69, 9.17) is 0 Å². The van der Waals surface area contributed by atoms with Crippen molar-refractivity contribution in [3.8, 4) is 0 Å². The van der Waals surface area contributed by atoms with Gasteiger partial charge in [0.25, 0.3) is 0 Å². The second-order valence-electron chi connectivity index (χ2n) is 7.55. The van der Waals surface area contributed by atoms with Crippen molar-refractivity contribution in [2.75, 3.05) is 26.2 Å². The highest BCUT2D eigenvalue weighted by molar-refractivity contribution is 5.81. The molecule has 1 aliphatic heterocycles. The first-order valence-corrected chi connectivity index (χ1v) is 9.49. The summed E-state index contributed by atoms with van der Waals surface area (Å²) in [6, 6.07) is 0.228. The Kier molecular flexibility index (Phi) is 6.90. The molecule has 2 fully saturated rings. The minimum Gasteiger partial charge on any atom is -0.388 e. The van der Waals surface area contributed by atoms with Crippen LogP contribution in [0, 0.1) is 5.92 Å². The molecule has 0 aromatic carbocycles. The lowest BCUT2D eigenvalue weighted by molar-refractivity contribution is -0.133. The van der Waals surface area contributed by atoms with E-state index >= 15 is 0 Å². The number of carbonyl (C=O) groups is 1. The van der Waals surface area contributed by atoms with E-state index < -0.39 is 5.60 Å². The summed E-state index contributed by atoms with van der Waals surface area (Å²) in [6.07, 6.45) is 6.01. The molecule has 1 amide bonds. The maximum atomic E-state index is 12.1. The van der Waals surface area contributed by atoms with Crippen LogP contribution in [-0.2, 0) is 4.79 Å². The van der Waals surface area contributed by atoms with Gasteiger partial charge in [0.05, 0.1) is 12.1 Å². The van der Waals surface area contributed by atoms with Gasteiger partial charge in [-0.2, -0.15) is 0 Å². The van der Waals surface area contributed by atoms with E-state index in [0.29, 0.717) is 6.54 Å². The van der Waals surface area contributed by atoms with Crippen LogP contribution >= 0.6 is 0 Å². The molecular formula is C18H34N4O2. The summed E-state index contributed by atoms with van der Waals surface area (Å²) in [6.45, 7) is 8.69. The van der Waals surface area contributed by atoms with Gasteiger partial charge in [-0.3, -0.25) is 9.79 Å². The zero-order chi connectivity index (χ0) is 17.6. The topological polar surface area (TPSA) is 77.0 Å². The number of hydrogen-bond acceptors (Lipinski definition) is 3. The van der Waals surface area contributed by atoms with Gasteiger partial charge < -0.3 is 20.6 Å². The minimum absolute atomic E-state index is 0.0474. The van der Waals surface area contributed by atoms with Crippen LogP contribution < -0.4 is 10.6 Å². The third-order valence-electron chi connectivity index (χ3n) is 4.99. The number of nitrogens with zero attached hydrogens (tertiary/aromatic N) is 2. The quantitative estimate of drug-likeness (QED) is 0.524. The van der Waals surface area contributed by atoms with E-state index in [1.54, 1.807) is 0 Å². The molecular weight excluding hydrogens is 304 g/mol. The molecule has 138 valence electrons. The van der Waals surface area contributed by atoms with Gasteiger partial charge in [-0.25, -0.2) is 0 Å². The van der Waals surface area contributed by atoms with E-state index in [0.717, 1.165) is 57.7 Å². The molecule has 3 N–H and O–H groups in total. The van der Waals surface area contributed by atoms with E-state index in [9.17, 15) is 9.90 Å². The summed E-state index contributed by atoms with van der Waals surface area (Å²) in [5.41, 5.74) is -0.643. The zero-order valence-electron chi connectivity index (χ0n) is 15.5. The zero-order valence-corrected chi connectivity index (χ0v) is 15.5. The van der Waals surface area contributed by atoms with Crippen LogP contribution in [0.2, 0.25) is 0 Å². The fourth-order valence-corrected chi connectivity index (χ4v) is 3.55. The smallest absolute Gasteiger partial charge is 0.225 e. The number of carbonyl (C=O) groups excluding carboxylic acids is 1. The van der Waals surface area contributed by atoms with Gasteiger partial charge in [0.15, 0.2) is 5.96 Å². The lowest BCUT2D eigenvalue weighted by atomic mass is 9.85. The van der Waals surface area contributed by atoms with Crippen molar-refractivity contribution < 1.29 is 9.90 Å². The Bertz CT molecular complexity index is 444. The largest absolute Gasteiger partial charge is 0.388 e.